The van der Waals surface area contributed by atoms with Crippen LogP contribution < -0.4 is 83.0 Å². The first-order chi connectivity index (χ1) is 19.5. The van der Waals surface area contributed by atoms with Gasteiger partial charge in [-0.25, -0.2) is 4.79 Å². The fourth-order valence-corrected chi connectivity index (χ4v) is 4.89. The van der Waals surface area contributed by atoms with Crippen molar-refractivity contribution in [1.29, 1.82) is 0 Å². The van der Waals surface area contributed by atoms with Crippen LogP contribution in [0, 0.1) is 0 Å². The minimum atomic E-state index is -3.16. The molecule has 0 radical (unpaired) electrons. The van der Waals surface area contributed by atoms with Crippen molar-refractivity contribution in [2.75, 3.05) is 34.0 Å². The van der Waals surface area contributed by atoms with E-state index >= 15 is 0 Å². The molecule has 0 aromatic heterocycles. The summed E-state index contributed by atoms with van der Waals surface area (Å²) in [5.74, 6) is -3.27. The molecule has 232 valence electrons. The van der Waals surface area contributed by atoms with E-state index in [1.807, 2.05) is 6.92 Å². The summed E-state index contributed by atoms with van der Waals surface area (Å²) >= 11 is 0. The van der Waals surface area contributed by atoms with Crippen LogP contribution >= 0.6 is 12.4 Å². The molecule has 4 rings (SSSR count). The predicted molar refractivity (Wildman–Crippen MR) is 152 cm³/mol. The summed E-state index contributed by atoms with van der Waals surface area (Å²) < 4.78 is 25.8. The minimum absolute atomic E-state index is 0. The molecule has 0 amide bonds. The van der Waals surface area contributed by atoms with Gasteiger partial charge in [0.2, 0.25) is 0 Å². The Morgan fingerprint density at radius 2 is 1.59 bits per heavy atom. The number of carbonyl (C=O) groups is 2. The number of halogens is 1. The number of methoxy groups -OCH3 is 2. The van der Waals surface area contributed by atoms with Crippen molar-refractivity contribution in [1.82, 2.24) is 0 Å². The zero-order chi connectivity index (χ0) is 30.3. The number of rotatable bonds is 10. The fraction of sp³-hybridized carbons (Fsp3) is 0.462. The smallest absolute Gasteiger partial charge is 0.669 e. The van der Waals surface area contributed by atoms with Crippen molar-refractivity contribution in [3.05, 3.63) is 46.5 Å². The van der Waals surface area contributed by atoms with Crippen molar-refractivity contribution in [2.45, 2.75) is 44.2 Å². The van der Waals surface area contributed by atoms with Gasteiger partial charge in [0.25, 0.3) is 0 Å². The fourth-order valence-electron chi connectivity index (χ4n) is 4.89. The second-order valence-corrected chi connectivity index (χ2v) is 9.74. The van der Waals surface area contributed by atoms with Crippen LogP contribution in [0.15, 0.2) is 24.3 Å². The summed E-state index contributed by atoms with van der Waals surface area (Å²) in [6.45, 7) is -0.494. The number of ether oxygens (including phenoxy) is 3. The van der Waals surface area contributed by atoms with Crippen molar-refractivity contribution in [3.63, 3.8) is 0 Å². The molecule has 2 atom stereocenters. The minimum Gasteiger partial charge on any atom is -0.669 e. The zero-order valence-electron chi connectivity index (χ0n) is 25.5. The molecule has 0 saturated heterocycles. The Balaban J connectivity index is 0.000000806. The second kappa shape index (κ2) is 19.5. The summed E-state index contributed by atoms with van der Waals surface area (Å²) in [4.78, 5) is 22.7. The maximum absolute atomic E-state index is 11.4. The molecular weight excluding hydrogens is 623 g/mol. The SMILES string of the molecule is CCCCOCC1C[B-](O)(O)Oc2c1ccc(OC)c2C(=O)[O-].COc1ccc2c(c1C(=O)O)OB(O)CC2CO.Cl.[Na+].[Na+]. The Kier molecular flexibility index (Phi) is 18.9. The molecule has 0 saturated carbocycles. The molecule has 0 fully saturated rings. The van der Waals surface area contributed by atoms with E-state index < -0.39 is 25.8 Å². The van der Waals surface area contributed by atoms with Gasteiger partial charge in [-0.3, -0.25) is 0 Å². The Morgan fingerprint density at radius 1 is 1.02 bits per heavy atom. The summed E-state index contributed by atoms with van der Waals surface area (Å²) in [7, 11) is 1.55. The summed E-state index contributed by atoms with van der Waals surface area (Å²) in [5, 5.41) is 59.3. The third-order valence-corrected chi connectivity index (χ3v) is 6.86. The third-order valence-electron chi connectivity index (χ3n) is 6.86. The molecule has 2 aromatic rings. The number of unbranched alkanes of at least 4 members (excludes halogenated alkanes) is 1. The molecule has 44 heavy (non-hydrogen) atoms. The first-order valence-corrected chi connectivity index (χ1v) is 13.2. The summed E-state index contributed by atoms with van der Waals surface area (Å²) in [5.41, 5.74) is 0.660. The van der Waals surface area contributed by atoms with E-state index in [-0.39, 0.29) is 143 Å². The molecule has 18 heteroatoms. The van der Waals surface area contributed by atoms with Crippen LogP contribution in [-0.4, -0.2) is 85.1 Å². The van der Waals surface area contributed by atoms with Crippen LogP contribution in [0.3, 0.4) is 0 Å². The van der Waals surface area contributed by atoms with E-state index in [0.29, 0.717) is 17.7 Å². The van der Waals surface area contributed by atoms with Crippen molar-refractivity contribution < 1.29 is 123 Å². The van der Waals surface area contributed by atoms with Gasteiger partial charge in [-0.15, -0.1) is 12.4 Å². The maximum Gasteiger partial charge on any atom is 1.00 e. The molecule has 2 aliphatic heterocycles. The number of aliphatic hydroxyl groups excluding tert-OH is 1. The van der Waals surface area contributed by atoms with Gasteiger partial charge in [0.1, 0.15) is 22.8 Å². The number of aromatic carboxylic acids is 2. The maximum atomic E-state index is 11.4. The Hall–Kier alpha value is -1.20. The Labute approximate surface area is 306 Å². The molecule has 2 aromatic carbocycles. The van der Waals surface area contributed by atoms with Crippen LogP contribution in [0.25, 0.3) is 0 Å². The average Bonchev–Trinajstić information content (AvgIpc) is 2.92. The second-order valence-electron chi connectivity index (χ2n) is 9.74. The number of benzene rings is 2. The summed E-state index contributed by atoms with van der Waals surface area (Å²) in [6.07, 6.45) is 2.06. The molecule has 0 spiro atoms. The number of carboxylic acids is 2. The molecule has 2 heterocycles. The molecule has 5 N–H and O–H groups in total. The van der Waals surface area contributed by atoms with E-state index in [1.54, 1.807) is 12.1 Å². The van der Waals surface area contributed by atoms with Gasteiger partial charge in [-0.05, 0) is 35.6 Å². The van der Waals surface area contributed by atoms with E-state index in [0.717, 1.165) is 12.8 Å². The van der Waals surface area contributed by atoms with Gasteiger partial charge in [0.15, 0.2) is 0 Å². The van der Waals surface area contributed by atoms with Gasteiger partial charge in [0.05, 0.1) is 38.1 Å². The summed E-state index contributed by atoms with van der Waals surface area (Å²) in [6, 6.07) is 6.32. The van der Waals surface area contributed by atoms with Gasteiger partial charge < -0.3 is 58.7 Å². The normalized spacial score (nSPS) is 17.2. The van der Waals surface area contributed by atoms with Crippen molar-refractivity contribution in [3.8, 4) is 23.0 Å². The van der Waals surface area contributed by atoms with Gasteiger partial charge in [0, 0.05) is 25.5 Å². The molecule has 2 aliphatic rings. The average molecular weight is 659 g/mol. The Morgan fingerprint density at radius 3 is 2.09 bits per heavy atom. The van der Waals surface area contributed by atoms with E-state index in [2.05, 4.69) is 0 Å². The standard InChI is InChI=1S/C15H22BO7.C11H13BO6.ClH.2Na/c1-3-4-7-22-9-10-8-16(19,20)23-14-11(10)5-6-12(21-2)13(14)15(17)18;1-17-8-3-2-7-6(5-13)4-12(16)18-10(7)9(8)11(14)15;;;/h5-6,10,19-20H,3-4,7-9H2,1-2H3,(H,17,18);2-3,6,13,16H,4-5H2,1H3,(H,14,15);1H;;/q-1;;;2*+1/p-1. The molecule has 0 aliphatic carbocycles. The number of hydrogen-bond donors (Lipinski definition) is 5. The quantitative estimate of drug-likeness (QED) is 0.120. The monoisotopic (exact) mass is 658 g/mol. The van der Waals surface area contributed by atoms with Crippen LogP contribution in [0.1, 0.15) is 63.4 Å². The van der Waals surface area contributed by atoms with Crippen LogP contribution in [0.2, 0.25) is 12.6 Å². The number of fused-ring (bicyclic) bond motifs is 2. The van der Waals surface area contributed by atoms with E-state index in [9.17, 15) is 40.0 Å². The number of carbonyl (C=O) groups excluding carboxylic acids is 1. The van der Waals surface area contributed by atoms with E-state index in [4.69, 9.17) is 23.5 Å². The van der Waals surface area contributed by atoms with Crippen molar-refractivity contribution in [2.24, 2.45) is 0 Å². The zero-order valence-corrected chi connectivity index (χ0v) is 30.3. The Bertz CT molecular complexity index is 1250. The largest absolute Gasteiger partial charge is 1.00 e. The van der Waals surface area contributed by atoms with Crippen molar-refractivity contribution >= 4 is 38.2 Å². The molecule has 13 nitrogen and oxygen atoms in total. The third kappa shape index (κ3) is 10.4. The first-order valence-electron chi connectivity index (χ1n) is 13.2. The number of hydrogen-bond acceptors (Lipinski definition) is 12. The molecular formula is C26H35B2ClNa2O13. The first kappa shape index (κ1) is 42.8. The predicted octanol–water partition coefficient (Wildman–Crippen LogP) is -4.95. The van der Waals surface area contributed by atoms with Crippen LogP contribution in [-0.2, 0) is 4.74 Å². The number of aliphatic hydroxyl groups is 1. The van der Waals surface area contributed by atoms with Gasteiger partial charge in [-0.2, -0.15) is 0 Å². The topological polar surface area (TPSA) is 204 Å². The molecule has 0 bridgehead atoms. The van der Waals surface area contributed by atoms with E-state index in [1.165, 1.54) is 26.4 Å². The van der Waals surface area contributed by atoms with Crippen LogP contribution in [0.4, 0.5) is 0 Å². The number of carboxylic acid groups (broad SMARTS) is 2. The molecule has 2 unspecified atom stereocenters. The van der Waals surface area contributed by atoms with Gasteiger partial charge >= 0.3 is 79.0 Å². The van der Waals surface area contributed by atoms with Gasteiger partial charge in [-0.1, -0.05) is 31.8 Å². The van der Waals surface area contributed by atoms with Crippen LogP contribution in [0.5, 0.6) is 23.0 Å².